The molecular weight excluding hydrogens is 479 g/mol. The first-order chi connectivity index (χ1) is 15.4. The van der Waals surface area contributed by atoms with Crippen LogP contribution in [0.3, 0.4) is 0 Å². The first kappa shape index (κ1) is 19.0. The van der Waals surface area contributed by atoms with Gasteiger partial charge in [0, 0.05) is 0 Å². The molecule has 0 radical (unpaired) electrons. The summed E-state index contributed by atoms with van der Waals surface area (Å²) < 4.78 is 5.75. The van der Waals surface area contributed by atoms with Crippen molar-refractivity contribution < 1.29 is 0 Å². The van der Waals surface area contributed by atoms with Crippen molar-refractivity contribution in [3.63, 3.8) is 0 Å². The summed E-state index contributed by atoms with van der Waals surface area (Å²) in [5.41, 5.74) is 2.64. The molecule has 0 bridgehead atoms. The number of fused-ring (bicyclic) bond motifs is 2. The Morgan fingerprint density at radius 3 is 1.26 bits per heavy atom. The third-order valence-corrected chi connectivity index (χ3v) is 11.0. The zero-order valence-electron chi connectivity index (χ0n) is 16.6. The fourth-order valence-corrected chi connectivity index (χ4v) is 9.88. The average molecular weight is 498 g/mol. The Bertz CT molecular complexity index is 1380. The second kappa shape index (κ2) is 8.11. The fraction of sp³-hybridized carbons (Fsp3) is 0. The van der Waals surface area contributed by atoms with Crippen molar-refractivity contribution >= 4 is 66.7 Å². The normalized spacial score (nSPS) is 11.4. The van der Waals surface area contributed by atoms with Crippen molar-refractivity contribution in [2.24, 2.45) is 0 Å². The van der Waals surface area contributed by atoms with Gasteiger partial charge in [0.25, 0.3) is 0 Å². The van der Waals surface area contributed by atoms with Gasteiger partial charge >= 0.3 is 197 Å². The molecule has 0 N–H and O–H groups in total. The molecule has 0 atom stereocenters. The van der Waals surface area contributed by atoms with Crippen LogP contribution in [0.15, 0.2) is 109 Å². The van der Waals surface area contributed by atoms with Gasteiger partial charge in [0.1, 0.15) is 0 Å². The van der Waals surface area contributed by atoms with Gasteiger partial charge in [-0.15, -0.1) is 0 Å². The van der Waals surface area contributed by atoms with Gasteiger partial charge in [0.2, 0.25) is 0 Å². The van der Waals surface area contributed by atoms with E-state index < -0.39 is 0 Å². The molecule has 0 saturated heterocycles. The minimum atomic E-state index is 0.190. The molecule has 31 heavy (non-hydrogen) atoms. The van der Waals surface area contributed by atoms with E-state index in [1.807, 2.05) is 22.7 Å². The number of hydrogen-bond donors (Lipinski definition) is 0. The van der Waals surface area contributed by atoms with Gasteiger partial charge in [0.15, 0.2) is 0 Å². The van der Waals surface area contributed by atoms with E-state index in [1.54, 1.807) is 0 Å². The van der Waals surface area contributed by atoms with Crippen LogP contribution < -0.4 is 8.92 Å². The van der Waals surface area contributed by atoms with Gasteiger partial charge in [-0.3, -0.25) is 0 Å². The molecule has 0 aliphatic heterocycles. The third-order valence-electron chi connectivity index (χ3n) is 5.38. The maximum atomic E-state index is 2.30. The van der Waals surface area contributed by atoms with Crippen LogP contribution in [-0.2, 0) is 0 Å². The Morgan fingerprint density at radius 1 is 0.419 bits per heavy atom. The summed E-state index contributed by atoms with van der Waals surface area (Å²) in [6.07, 6.45) is 0. The summed E-state index contributed by atoms with van der Waals surface area (Å²) in [7, 11) is 0. The quantitative estimate of drug-likeness (QED) is 0.228. The summed E-state index contributed by atoms with van der Waals surface area (Å²) >= 11 is 4.04. The van der Waals surface area contributed by atoms with Gasteiger partial charge in [0.05, 0.1) is 0 Å². The first-order valence-corrected chi connectivity index (χ1v) is 13.5. The number of rotatable bonds is 4. The van der Waals surface area contributed by atoms with Gasteiger partial charge in [-0.25, -0.2) is 0 Å². The molecule has 3 heteroatoms. The predicted octanol–water partition coefficient (Wildman–Crippen LogP) is 7.11. The molecule has 0 aliphatic rings. The van der Waals surface area contributed by atoms with Crippen molar-refractivity contribution in [1.82, 2.24) is 0 Å². The fourth-order valence-electron chi connectivity index (χ4n) is 3.91. The molecule has 0 nitrogen and oxygen atoms in total. The second-order valence-corrected chi connectivity index (χ2v) is 11.6. The van der Waals surface area contributed by atoms with Crippen LogP contribution >= 0.6 is 22.7 Å². The first-order valence-electron chi connectivity index (χ1n) is 10.2. The van der Waals surface area contributed by atoms with Crippen molar-refractivity contribution in [2.75, 3.05) is 0 Å². The van der Waals surface area contributed by atoms with Crippen LogP contribution in [0.2, 0.25) is 0 Å². The van der Waals surface area contributed by atoms with E-state index >= 15 is 0 Å². The van der Waals surface area contributed by atoms with Crippen molar-refractivity contribution in [3.8, 4) is 20.9 Å². The Balaban J connectivity index is 1.60. The van der Waals surface area contributed by atoms with E-state index in [4.69, 9.17) is 0 Å². The van der Waals surface area contributed by atoms with Crippen LogP contribution in [-0.4, -0.2) is 15.0 Å². The summed E-state index contributed by atoms with van der Waals surface area (Å²) in [5, 5.41) is 2.81. The molecule has 6 rings (SSSR count). The zero-order chi connectivity index (χ0) is 20.6. The molecule has 0 unspecified atom stereocenters. The van der Waals surface area contributed by atoms with Gasteiger partial charge in [-0.1, -0.05) is 0 Å². The molecule has 0 amide bonds. The second-order valence-electron chi connectivity index (χ2n) is 7.35. The van der Waals surface area contributed by atoms with E-state index in [0.29, 0.717) is 0 Å². The minimum absolute atomic E-state index is 0.190. The molecular formula is C28H18S2Se. The van der Waals surface area contributed by atoms with Crippen molar-refractivity contribution in [1.29, 1.82) is 0 Å². The maximum absolute atomic E-state index is 2.30. The van der Waals surface area contributed by atoms with Crippen LogP contribution in [0.5, 0.6) is 0 Å². The van der Waals surface area contributed by atoms with E-state index in [9.17, 15) is 0 Å². The van der Waals surface area contributed by atoms with Crippen LogP contribution in [0.4, 0.5) is 0 Å². The van der Waals surface area contributed by atoms with Gasteiger partial charge < -0.3 is 0 Å². The van der Waals surface area contributed by atoms with Crippen LogP contribution in [0.25, 0.3) is 41.1 Å². The summed E-state index contributed by atoms with van der Waals surface area (Å²) in [6, 6.07) is 39.5. The number of benzene rings is 4. The number of hydrogen-bond acceptors (Lipinski definition) is 2. The average Bonchev–Trinajstić information content (AvgIpc) is 3.40. The Hall–Kier alpha value is -2.68. The molecule has 0 fully saturated rings. The van der Waals surface area contributed by atoms with Crippen molar-refractivity contribution in [3.05, 3.63) is 109 Å². The molecule has 0 spiro atoms. The summed E-state index contributed by atoms with van der Waals surface area (Å²) in [5.74, 6) is 0. The van der Waals surface area contributed by atoms with E-state index in [-0.39, 0.29) is 15.0 Å². The van der Waals surface area contributed by atoms with Gasteiger partial charge in [-0.2, -0.15) is 0 Å². The van der Waals surface area contributed by atoms with E-state index in [1.165, 1.54) is 50.0 Å². The van der Waals surface area contributed by atoms with Crippen LogP contribution in [0.1, 0.15) is 0 Å². The monoisotopic (exact) mass is 498 g/mol. The Kier molecular flexibility index (Phi) is 4.98. The molecule has 4 aromatic carbocycles. The number of thiophene rings is 2. The molecule has 148 valence electrons. The standard InChI is InChI=1S/C28H18S2Se/c1-3-11-19(12-4-1)25-27(21-15-7-9-17-23(21)29-25)31-28-22-16-8-10-18-24(22)30-26(28)20-13-5-2-6-14-20/h1-18H. The summed E-state index contributed by atoms with van der Waals surface area (Å²) in [6.45, 7) is 0. The van der Waals surface area contributed by atoms with Crippen LogP contribution in [0, 0.1) is 0 Å². The topological polar surface area (TPSA) is 0 Å². The summed E-state index contributed by atoms with van der Waals surface area (Å²) in [4.78, 5) is 2.83. The zero-order valence-corrected chi connectivity index (χ0v) is 20.0. The van der Waals surface area contributed by atoms with E-state index in [2.05, 4.69) is 109 Å². The molecule has 0 aliphatic carbocycles. The third kappa shape index (κ3) is 3.44. The molecule has 6 aromatic rings. The predicted molar refractivity (Wildman–Crippen MR) is 140 cm³/mol. The Morgan fingerprint density at radius 2 is 0.806 bits per heavy atom. The van der Waals surface area contributed by atoms with E-state index in [0.717, 1.165) is 0 Å². The Labute approximate surface area is 196 Å². The van der Waals surface area contributed by atoms with Gasteiger partial charge in [-0.05, 0) is 0 Å². The molecule has 2 aromatic heterocycles. The molecule has 2 heterocycles. The SMILES string of the molecule is c1ccc(-c2sc3ccccc3c2[Se]c2c(-c3ccccc3)sc3ccccc23)cc1. The van der Waals surface area contributed by atoms with Crippen molar-refractivity contribution in [2.45, 2.75) is 0 Å². The molecule has 0 saturated carbocycles.